The molecular formula is C17H18N4O2S. The average Bonchev–Trinajstić information content (AvgIpc) is 3.19. The summed E-state index contributed by atoms with van der Waals surface area (Å²) in [4.78, 5) is 9.07. The van der Waals surface area contributed by atoms with Crippen LogP contribution < -0.4 is 0 Å². The Morgan fingerprint density at radius 2 is 2.38 bits per heavy atom. The molecule has 0 spiro atoms. The van der Waals surface area contributed by atoms with Gasteiger partial charge in [0.15, 0.2) is 0 Å². The first-order chi connectivity index (χ1) is 11.7. The van der Waals surface area contributed by atoms with Gasteiger partial charge in [0, 0.05) is 0 Å². The Morgan fingerprint density at radius 1 is 1.50 bits per heavy atom. The van der Waals surface area contributed by atoms with Crippen LogP contribution in [0.3, 0.4) is 0 Å². The Bertz CT molecular complexity index is 916. The van der Waals surface area contributed by atoms with Crippen molar-refractivity contribution < 1.29 is 9.84 Å². The molecule has 0 bridgehead atoms. The summed E-state index contributed by atoms with van der Waals surface area (Å²) in [5, 5.41) is 21.1. The number of imidazole rings is 1. The topological polar surface area (TPSA) is 84.0 Å². The molecule has 124 valence electrons. The van der Waals surface area contributed by atoms with Crippen LogP contribution in [0, 0.1) is 11.3 Å². The Labute approximate surface area is 143 Å². The molecule has 4 rings (SSSR count). The predicted molar refractivity (Wildman–Crippen MR) is 91.8 cm³/mol. The summed E-state index contributed by atoms with van der Waals surface area (Å²) in [7, 11) is 0. The quantitative estimate of drug-likeness (QED) is 0.789. The zero-order valence-electron chi connectivity index (χ0n) is 13.3. The summed E-state index contributed by atoms with van der Waals surface area (Å²) in [6.45, 7) is 2.27. The SMILES string of the molecule is C[C@@H](O)c1nc2cnc3ccsc3c2n1C1CCC(CC#N)OC1. The van der Waals surface area contributed by atoms with E-state index in [1.165, 1.54) is 0 Å². The van der Waals surface area contributed by atoms with Crippen molar-refractivity contribution in [2.45, 2.75) is 44.4 Å². The Balaban J connectivity index is 1.82. The molecule has 4 heterocycles. The zero-order valence-corrected chi connectivity index (χ0v) is 14.2. The second-order valence-electron chi connectivity index (χ2n) is 6.19. The van der Waals surface area contributed by atoms with E-state index in [2.05, 4.69) is 20.6 Å². The van der Waals surface area contributed by atoms with Crippen LogP contribution in [-0.2, 0) is 4.74 Å². The van der Waals surface area contributed by atoms with E-state index in [9.17, 15) is 5.11 Å². The predicted octanol–water partition coefficient (Wildman–Crippen LogP) is 3.33. The van der Waals surface area contributed by atoms with Gasteiger partial charge in [-0.2, -0.15) is 5.26 Å². The third kappa shape index (κ3) is 2.47. The Morgan fingerprint density at radius 3 is 3.08 bits per heavy atom. The van der Waals surface area contributed by atoms with Gasteiger partial charge in [0.05, 0.1) is 53.2 Å². The van der Waals surface area contributed by atoms with E-state index in [0.717, 1.165) is 34.1 Å². The minimum Gasteiger partial charge on any atom is -0.385 e. The fourth-order valence-electron chi connectivity index (χ4n) is 3.42. The van der Waals surface area contributed by atoms with Crippen molar-refractivity contribution in [1.29, 1.82) is 5.26 Å². The summed E-state index contributed by atoms with van der Waals surface area (Å²) in [5.41, 5.74) is 2.78. The number of aromatic nitrogens is 3. The highest BCUT2D eigenvalue weighted by molar-refractivity contribution is 7.18. The summed E-state index contributed by atoms with van der Waals surface area (Å²) in [6.07, 6.45) is 3.31. The molecule has 0 amide bonds. The smallest absolute Gasteiger partial charge is 0.139 e. The van der Waals surface area contributed by atoms with Gasteiger partial charge in [0.1, 0.15) is 17.4 Å². The molecule has 1 fully saturated rings. The fourth-order valence-corrected chi connectivity index (χ4v) is 4.31. The molecule has 0 aliphatic carbocycles. The van der Waals surface area contributed by atoms with Gasteiger partial charge in [-0.1, -0.05) is 0 Å². The van der Waals surface area contributed by atoms with Crippen molar-refractivity contribution in [2.24, 2.45) is 0 Å². The number of aliphatic hydroxyl groups excluding tert-OH is 1. The molecule has 7 heteroatoms. The van der Waals surface area contributed by atoms with E-state index in [1.807, 2.05) is 11.4 Å². The molecule has 1 aliphatic rings. The van der Waals surface area contributed by atoms with Crippen LogP contribution in [0.5, 0.6) is 0 Å². The van der Waals surface area contributed by atoms with Gasteiger partial charge in [-0.15, -0.1) is 11.3 Å². The van der Waals surface area contributed by atoms with Crippen LogP contribution in [0.25, 0.3) is 21.3 Å². The lowest BCUT2D eigenvalue weighted by molar-refractivity contribution is -0.00949. The maximum absolute atomic E-state index is 10.2. The van der Waals surface area contributed by atoms with E-state index < -0.39 is 6.10 Å². The van der Waals surface area contributed by atoms with Gasteiger partial charge in [0.25, 0.3) is 0 Å². The molecule has 2 unspecified atom stereocenters. The molecule has 1 N–H and O–H groups in total. The number of nitriles is 1. The number of hydrogen-bond donors (Lipinski definition) is 1. The normalized spacial score (nSPS) is 22.7. The van der Waals surface area contributed by atoms with E-state index in [4.69, 9.17) is 10.00 Å². The van der Waals surface area contributed by atoms with Crippen molar-refractivity contribution in [2.75, 3.05) is 6.61 Å². The van der Waals surface area contributed by atoms with Crippen molar-refractivity contribution in [3.8, 4) is 6.07 Å². The van der Waals surface area contributed by atoms with E-state index in [1.54, 1.807) is 24.5 Å². The highest BCUT2D eigenvalue weighted by Crippen LogP contribution is 2.36. The monoisotopic (exact) mass is 342 g/mol. The number of ether oxygens (including phenoxy) is 1. The second-order valence-corrected chi connectivity index (χ2v) is 7.11. The van der Waals surface area contributed by atoms with Crippen molar-refractivity contribution in [1.82, 2.24) is 14.5 Å². The average molecular weight is 342 g/mol. The molecular weight excluding hydrogens is 324 g/mol. The van der Waals surface area contributed by atoms with Crippen LogP contribution in [0.2, 0.25) is 0 Å². The van der Waals surface area contributed by atoms with Crippen LogP contribution in [0.1, 0.15) is 44.2 Å². The molecule has 1 saturated heterocycles. The molecule has 3 atom stereocenters. The van der Waals surface area contributed by atoms with Crippen LogP contribution in [0.4, 0.5) is 0 Å². The number of hydrogen-bond acceptors (Lipinski definition) is 6. The summed E-state index contributed by atoms with van der Waals surface area (Å²) < 4.78 is 9.08. The highest BCUT2D eigenvalue weighted by atomic mass is 32.1. The standard InChI is InChI=1S/C17H18N4O2S/c1-10(22)17-20-14-8-19-13-5-7-24-16(13)15(14)21(17)11-2-3-12(4-6-18)23-9-11/h5,7-8,10-12,22H,2-4,9H2,1H3/t10-,11?,12?/m1/s1. The molecule has 3 aromatic rings. The summed E-state index contributed by atoms with van der Waals surface area (Å²) in [5.74, 6) is 0.653. The van der Waals surface area contributed by atoms with Gasteiger partial charge in [-0.25, -0.2) is 4.98 Å². The van der Waals surface area contributed by atoms with E-state index in [0.29, 0.717) is 18.9 Å². The maximum atomic E-state index is 10.2. The van der Waals surface area contributed by atoms with Gasteiger partial charge >= 0.3 is 0 Å². The maximum Gasteiger partial charge on any atom is 0.139 e. The Kier molecular flexibility index (Phi) is 3.96. The lowest BCUT2D eigenvalue weighted by atomic mass is 10.0. The molecule has 0 saturated carbocycles. The first-order valence-corrected chi connectivity index (χ1v) is 8.97. The zero-order chi connectivity index (χ0) is 16.7. The number of rotatable bonds is 3. The fraction of sp³-hybridized carbons (Fsp3) is 0.471. The van der Waals surface area contributed by atoms with Crippen LogP contribution >= 0.6 is 11.3 Å². The molecule has 24 heavy (non-hydrogen) atoms. The minimum absolute atomic E-state index is 0.0134. The molecule has 3 aromatic heterocycles. The first-order valence-electron chi connectivity index (χ1n) is 8.09. The third-order valence-electron chi connectivity index (χ3n) is 4.55. The van der Waals surface area contributed by atoms with Gasteiger partial charge in [-0.05, 0) is 31.2 Å². The summed E-state index contributed by atoms with van der Waals surface area (Å²) in [6, 6.07) is 4.29. The highest BCUT2D eigenvalue weighted by Gasteiger charge is 2.28. The number of nitrogens with zero attached hydrogens (tertiary/aromatic N) is 4. The Hall–Kier alpha value is -2.01. The molecule has 0 radical (unpaired) electrons. The lowest BCUT2D eigenvalue weighted by Crippen LogP contribution is -2.29. The van der Waals surface area contributed by atoms with Crippen LogP contribution in [0.15, 0.2) is 17.6 Å². The molecule has 6 nitrogen and oxygen atoms in total. The van der Waals surface area contributed by atoms with Crippen LogP contribution in [-0.4, -0.2) is 32.4 Å². The van der Waals surface area contributed by atoms with Crippen molar-refractivity contribution in [3.63, 3.8) is 0 Å². The van der Waals surface area contributed by atoms with Crippen molar-refractivity contribution >= 4 is 32.6 Å². The van der Waals surface area contributed by atoms with E-state index >= 15 is 0 Å². The van der Waals surface area contributed by atoms with E-state index in [-0.39, 0.29) is 12.1 Å². The van der Waals surface area contributed by atoms with Gasteiger partial charge in [-0.3, -0.25) is 4.98 Å². The number of fused-ring (bicyclic) bond motifs is 3. The summed E-state index contributed by atoms with van der Waals surface area (Å²) >= 11 is 1.64. The molecule has 1 aliphatic heterocycles. The second kappa shape index (κ2) is 6.13. The number of aliphatic hydroxyl groups is 1. The third-order valence-corrected chi connectivity index (χ3v) is 5.47. The molecule has 0 aromatic carbocycles. The largest absolute Gasteiger partial charge is 0.385 e. The first kappa shape index (κ1) is 15.5. The van der Waals surface area contributed by atoms with Gasteiger partial charge < -0.3 is 14.4 Å². The number of thiophene rings is 1. The van der Waals surface area contributed by atoms with Gasteiger partial charge in [0.2, 0.25) is 0 Å². The lowest BCUT2D eigenvalue weighted by Gasteiger charge is -2.30. The minimum atomic E-state index is -0.663. The van der Waals surface area contributed by atoms with Crippen molar-refractivity contribution in [3.05, 3.63) is 23.5 Å². The number of pyridine rings is 1.